The highest BCUT2D eigenvalue weighted by molar-refractivity contribution is 5.86. The second-order valence-corrected chi connectivity index (χ2v) is 6.88. The molecule has 0 atom stereocenters. The highest BCUT2D eigenvalue weighted by Crippen LogP contribution is 2.26. The lowest BCUT2D eigenvalue weighted by Crippen LogP contribution is -2.28. The zero-order chi connectivity index (χ0) is 19.6. The van der Waals surface area contributed by atoms with Crippen molar-refractivity contribution >= 4 is 16.7 Å². The number of aromatic nitrogens is 4. The number of nitrogens with zero attached hydrogens (tertiary/aromatic N) is 3. The first-order valence-corrected chi connectivity index (χ1v) is 9.17. The monoisotopic (exact) mass is 391 g/mol. The average Bonchev–Trinajstić information content (AvgIpc) is 3.10. The topological polar surface area (TPSA) is 75.7 Å². The van der Waals surface area contributed by atoms with Gasteiger partial charge in [0.15, 0.2) is 0 Å². The maximum atomic E-state index is 12.4. The van der Waals surface area contributed by atoms with Gasteiger partial charge in [0.05, 0.1) is 16.9 Å². The number of hydrogen-bond donors (Lipinski definition) is 2. The van der Waals surface area contributed by atoms with Crippen molar-refractivity contribution in [1.29, 1.82) is 0 Å². The zero-order valence-corrected chi connectivity index (χ0v) is 15.1. The molecule has 28 heavy (non-hydrogen) atoms. The highest BCUT2D eigenvalue weighted by atomic mass is 19.4. The van der Waals surface area contributed by atoms with Crippen LogP contribution in [0.5, 0.6) is 0 Å². The maximum Gasteiger partial charge on any atom is 0.389 e. The molecule has 0 aliphatic carbocycles. The lowest BCUT2D eigenvalue weighted by atomic mass is 10.1. The van der Waals surface area contributed by atoms with E-state index < -0.39 is 12.6 Å². The van der Waals surface area contributed by atoms with E-state index in [4.69, 9.17) is 4.74 Å². The molecule has 2 N–H and O–H groups in total. The number of anilines is 1. The van der Waals surface area contributed by atoms with Crippen LogP contribution in [0.15, 0.2) is 30.7 Å². The number of H-pyrrole nitrogens is 1. The number of hydrogen-bond acceptors (Lipinski definition) is 5. The number of rotatable bonds is 5. The summed E-state index contributed by atoms with van der Waals surface area (Å²) in [5.41, 5.74) is 2.52. The largest absolute Gasteiger partial charge is 0.389 e. The van der Waals surface area contributed by atoms with Crippen LogP contribution in [0, 0.1) is 0 Å². The summed E-state index contributed by atoms with van der Waals surface area (Å²) in [6.45, 7) is 1.49. The van der Waals surface area contributed by atoms with Crippen molar-refractivity contribution in [2.75, 3.05) is 18.5 Å². The van der Waals surface area contributed by atoms with E-state index in [9.17, 15) is 13.2 Å². The summed E-state index contributed by atoms with van der Waals surface area (Å²) >= 11 is 0. The average molecular weight is 391 g/mol. The molecule has 0 amide bonds. The first-order valence-electron chi connectivity index (χ1n) is 9.17. The normalized spacial score (nSPS) is 15.8. The van der Waals surface area contributed by atoms with Crippen LogP contribution in [-0.4, -0.2) is 45.4 Å². The van der Waals surface area contributed by atoms with E-state index in [1.54, 1.807) is 12.3 Å². The number of fused-ring (bicyclic) bond motifs is 1. The summed E-state index contributed by atoms with van der Waals surface area (Å²) in [6.07, 6.45) is -0.326. The van der Waals surface area contributed by atoms with Crippen LogP contribution in [0.2, 0.25) is 0 Å². The Labute approximate surface area is 159 Å². The van der Waals surface area contributed by atoms with Gasteiger partial charge in [0.1, 0.15) is 12.1 Å². The van der Waals surface area contributed by atoms with E-state index in [0.29, 0.717) is 17.4 Å². The quantitative estimate of drug-likeness (QED) is 0.685. The molecule has 3 aromatic heterocycles. The molecule has 0 aromatic carbocycles. The molecule has 0 radical (unpaired) electrons. The summed E-state index contributed by atoms with van der Waals surface area (Å²) in [6, 6.07) is 5.74. The highest BCUT2D eigenvalue weighted by Gasteiger charge is 2.26. The van der Waals surface area contributed by atoms with Gasteiger partial charge in [-0.2, -0.15) is 13.2 Å². The lowest BCUT2D eigenvalue weighted by molar-refractivity contribution is -0.134. The van der Waals surface area contributed by atoms with Gasteiger partial charge < -0.3 is 15.0 Å². The van der Waals surface area contributed by atoms with Gasteiger partial charge in [-0.15, -0.1) is 0 Å². The molecule has 6 nitrogen and oxygen atoms in total. The molecule has 0 unspecified atom stereocenters. The van der Waals surface area contributed by atoms with Gasteiger partial charge in [0.25, 0.3) is 0 Å². The number of halogens is 3. The second kappa shape index (κ2) is 7.75. The lowest BCUT2D eigenvalue weighted by Gasteiger charge is -2.23. The van der Waals surface area contributed by atoms with Crippen LogP contribution in [0.1, 0.15) is 25.0 Å². The van der Waals surface area contributed by atoms with Gasteiger partial charge >= 0.3 is 6.18 Å². The van der Waals surface area contributed by atoms with E-state index in [1.807, 2.05) is 12.1 Å². The molecule has 1 aliphatic rings. The zero-order valence-electron chi connectivity index (χ0n) is 15.1. The summed E-state index contributed by atoms with van der Waals surface area (Å²) in [4.78, 5) is 15.9. The summed E-state index contributed by atoms with van der Waals surface area (Å²) in [5, 5.41) is 4.32. The Morgan fingerprint density at radius 1 is 1.11 bits per heavy atom. The van der Waals surface area contributed by atoms with Crippen LogP contribution < -0.4 is 5.32 Å². The SMILES string of the molecule is FC(F)(F)CCc1cc(-c2cc3cnc(NC4CCOCC4)cc3[nH]2)ncn1. The Morgan fingerprint density at radius 3 is 2.71 bits per heavy atom. The molecule has 4 rings (SSSR count). The molecule has 1 fully saturated rings. The van der Waals surface area contributed by atoms with E-state index in [1.165, 1.54) is 6.33 Å². The Morgan fingerprint density at radius 2 is 1.93 bits per heavy atom. The van der Waals surface area contributed by atoms with Gasteiger partial charge in [0.2, 0.25) is 0 Å². The predicted molar refractivity (Wildman–Crippen MR) is 99.0 cm³/mol. The minimum atomic E-state index is -4.20. The summed E-state index contributed by atoms with van der Waals surface area (Å²) in [7, 11) is 0. The molecule has 3 aromatic rings. The minimum absolute atomic E-state index is 0.167. The second-order valence-electron chi connectivity index (χ2n) is 6.88. The van der Waals surface area contributed by atoms with Crippen LogP contribution in [0.3, 0.4) is 0 Å². The molecule has 1 aliphatic heterocycles. The molecule has 9 heteroatoms. The van der Waals surface area contributed by atoms with E-state index in [2.05, 4.69) is 25.3 Å². The van der Waals surface area contributed by atoms with E-state index in [-0.39, 0.29) is 6.42 Å². The van der Waals surface area contributed by atoms with Gasteiger partial charge in [-0.05, 0) is 31.4 Å². The van der Waals surface area contributed by atoms with E-state index in [0.717, 1.165) is 48.5 Å². The standard InChI is InChI=1S/C19H20F3N5O/c20-19(21,22)4-1-14-8-16(25-11-24-14)17-7-12-10-23-18(9-15(12)27-17)26-13-2-5-28-6-3-13/h7-11,13,27H,1-6H2,(H,23,26). The molecule has 1 saturated heterocycles. The predicted octanol–water partition coefficient (Wildman–Crippen LogP) is 4.11. The molecule has 0 saturated carbocycles. The van der Waals surface area contributed by atoms with E-state index >= 15 is 0 Å². The molecule has 0 bridgehead atoms. The van der Waals surface area contributed by atoms with Crippen molar-refractivity contribution in [3.05, 3.63) is 36.4 Å². The van der Waals surface area contributed by atoms with Crippen LogP contribution in [0.4, 0.5) is 19.0 Å². The van der Waals surface area contributed by atoms with Crippen molar-refractivity contribution in [3.8, 4) is 11.4 Å². The van der Waals surface area contributed by atoms with Crippen LogP contribution in [-0.2, 0) is 11.2 Å². The Hall–Kier alpha value is -2.68. The summed E-state index contributed by atoms with van der Waals surface area (Å²) < 4.78 is 42.7. The van der Waals surface area contributed by atoms with Gasteiger partial charge in [-0.3, -0.25) is 0 Å². The third-order valence-corrected chi connectivity index (χ3v) is 4.74. The number of alkyl halides is 3. The van der Waals surface area contributed by atoms with Gasteiger partial charge in [-0.1, -0.05) is 0 Å². The third-order valence-electron chi connectivity index (χ3n) is 4.74. The Kier molecular flexibility index (Phi) is 5.17. The van der Waals surface area contributed by atoms with Crippen molar-refractivity contribution in [2.45, 2.75) is 37.9 Å². The third kappa shape index (κ3) is 4.59. The van der Waals surface area contributed by atoms with Gasteiger partial charge in [0, 0.05) is 49.0 Å². The van der Waals surface area contributed by atoms with Crippen molar-refractivity contribution in [3.63, 3.8) is 0 Å². The fraction of sp³-hybridized carbons (Fsp3) is 0.421. The smallest absolute Gasteiger partial charge is 0.381 e. The first kappa shape index (κ1) is 18.7. The summed E-state index contributed by atoms with van der Waals surface area (Å²) in [5.74, 6) is 0.779. The molecular formula is C19H20F3N5O. The van der Waals surface area contributed by atoms with Crippen molar-refractivity contribution in [2.24, 2.45) is 0 Å². The van der Waals surface area contributed by atoms with Gasteiger partial charge in [-0.25, -0.2) is 15.0 Å². The fourth-order valence-electron chi connectivity index (χ4n) is 3.25. The van der Waals surface area contributed by atoms with Crippen LogP contribution >= 0.6 is 0 Å². The fourth-order valence-corrected chi connectivity index (χ4v) is 3.25. The van der Waals surface area contributed by atoms with Crippen LogP contribution in [0.25, 0.3) is 22.3 Å². The Bertz CT molecular complexity index is 950. The number of aryl methyl sites for hydroxylation is 1. The molecule has 4 heterocycles. The first-order chi connectivity index (χ1) is 13.5. The molecular weight excluding hydrogens is 371 g/mol. The number of ether oxygens (including phenoxy) is 1. The Balaban J connectivity index is 1.52. The van der Waals surface area contributed by atoms with Crippen molar-refractivity contribution in [1.82, 2.24) is 19.9 Å². The number of nitrogens with one attached hydrogen (secondary N) is 2. The maximum absolute atomic E-state index is 12.4. The van der Waals surface area contributed by atoms with Crippen molar-refractivity contribution < 1.29 is 17.9 Å². The molecule has 0 spiro atoms. The molecule has 148 valence electrons. The number of pyridine rings is 1. The number of aromatic amines is 1. The minimum Gasteiger partial charge on any atom is -0.381 e.